The second-order valence-electron chi connectivity index (χ2n) is 4.73. The van der Waals surface area contributed by atoms with Crippen LogP contribution in [0.4, 0.5) is 0 Å². The van der Waals surface area contributed by atoms with E-state index in [1.54, 1.807) is 0 Å². The molecule has 0 unspecified atom stereocenters. The van der Waals surface area contributed by atoms with E-state index in [9.17, 15) is 0 Å². The average molecular weight is 155 g/mol. The highest BCUT2D eigenvalue weighted by Crippen LogP contribution is 2.27. The summed E-state index contributed by atoms with van der Waals surface area (Å²) < 4.78 is 0. The molecule has 0 amide bonds. The molecule has 0 aliphatic carbocycles. The molecule has 0 bridgehead atoms. The fraction of sp³-hybridized carbons (Fsp3) is 1.00. The lowest BCUT2D eigenvalue weighted by molar-refractivity contribution is 0.0103. The molecule has 11 heavy (non-hydrogen) atoms. The van der Waals surface area contributed by atoms with Gasteiger partial charge in [0.2, 0.25) is 0 Å². The Bertz CT molecular complexity index is 117. The fourth-order valence-corrected chi connectivity index (χ4v) is 1.71. The summed E-state index contributed by atoms with van der Waals surface area (Å²) in [6, 6.07) is 0. The lowest BCUT2D eigenvalue weighted by Gasteiger charge is -2.47. The summed E-state index contributed by atoms with van der Waals surface area (Å²) in [5.41, 5.74) is 0.407. The van der Waals surface area contributed by atoms with Crippen LogP contribution in [0.3, 0.4) is 0 Å². The van der Waals surface area contributed by atoms with Crippen molar-refractivity contribution in [1.82, 2.24) is 4.90 Å². The van der Waals surface area contributed by atoms with Gasteiger partial charge in [-0.25, -0.2) is 0 Å². The van der Waals surface area contributed by atoms with Gasteiger partial charge in [-0.1, -0.05) is 13.3 Å². The van der Waals surface area contributed by atoms with Crippen LogP contribution in [-0.4, -0.2) is 23.5 Å². The molecule has 66 valence electrons. The first-order valence-electron chi connectivity index (χ1n) is 4.79. The summed E-state index contributed by atoms with van der Waals surface area (Å²) in [6.45, 7) is 11.8. The van der Waals surface area contributed by atoms with E-state index < -0.39 is 0 Å². The SMILES string of the molecule is CCCC1CN(C(C)(C)C)C1. The first-order valence-corrected chi connectivity index (χ1v) is 4.79. The summed E-state index contributed by atoms with van der Waals surface area (Å²) >= 11 is 0. The highest BCUT2D eigenvalue weighted by atomic mass is 15.2. The lowest BCUT2D eigenvalue weighted by atomic mass is 9.89. The molecule has 0 aromatic rings. The Morgan fingerprint density at radius 1 is 1.27 bits per heavy atom. The van der Waals surface area contributed by atoms with E-state index in [0.29, 0.717) is 5.54 Å². The summed E-state index contributed by atoms with van der Waals surface area (Å²) in [6.07, 6.45) is 2.77. The molecule has 1 aliphatic heterocycles. The third kappa shape index (κ3) is 2.19. The number of hydrogen-bond donors (Lipinski definition) is 0. The van der Waals surface area contributed by atoms with E-state index in [1.807, 2.05) is 0 Å². The molecule has 0 saturated carbocycles. The monoisotopic (exact) mass is 155 g/mol. The quantitative estimate of drug-likeness (QED) is 0.592. The highest BCUT2D eigenvalue weighted by molar-refractivity contribution is 4.88. The van der Waals surface area contributed by atoms with E-state index in [0.717, 1.165) is 5.92 Å². The maximum atomic E-state index is 2.56. The molecule has 1 nitrogen and oxygen atoms in total. The molecule has 1 fully saturated rings. The fourth-order valence-electron chi connectivity index (χ4n) is 1.71. The molecule has 0 N–H and O–H groups in total. The van der Waals surface area contributed by atoms with E-state index in [4.69, 9.17) is 0 Å². The van der Waals surface area contributed by atoms with Gasteiger partial charge >= 0.3 is 0 Å². The second-order valence-corrected chi connectivity index (χ2v) is 4.73. The smallest absolute Gasteiger partial charge is 0.0125 e. The lowest BCUT2D eigenvalue weighted by Crippen LogP contribution is -2.55. The Labute approximate surface area is 70.8 Å². The van der Waals surface area contributed by atoms with Gasteiger partial charge in [0.25, 0.3) is 0 Å². The van der Waals surface area contributed by atoms with Gasteiger partial charge in [-0.2, -0.15) is 0 Å². The topological polar surface area (TPSA) is 3.24 Å². The molecule has 1 heterocycles. The minimum absolute atomic E-state index is 0.407. The molecular formula is C10H21N. The van der Waals surface area contributed by atoms with Gasteiger partial charge in [0.15, 0.2) is 0 Å². The molecule has 0 atom stereocenters. The molecule has 0 spiro atoms. The van der Waals surface area contributed by atoms with Crippen molar-refractivity contribution in [2.45, 2.75) is 46.1 Å². The molecule has 0 aromatic heterocycles. The van der Waals surface area contributed by atoms with Crippen molar-refractivity contribution in [1.29, 1.82) is 0 Å². The number of hydrogen-bond acceptors (Lipinski definition) is 1. The van der Waals surface area contributed by atoms with Gasteiger partial charge in [-0.3, -0.25) is 4.90 Å². The van der Waals surface area contributed by atoms with Crippen LogP contribution in [0.1, 0.15) is 40.5 Å². The maximum Gasteiger partial charge on any atom is 0.0125 e. The molecule has 1 heteroatoms. The van der Waals surface area contributed by atoms with Crippen molar-refractivity contribution in [3.05, 3.63) is 0 Å². The van der Waals surface area contributed by atoms with Gasteiger partial charge in [0.1, 0.15) is 0 Å². The van der Waals surface area contributed by atoms with Crippen LogP contribution in [0.5, 0.6) is 0 Å². The predicted octanol–water partition coefficient (Wildman–Crippen LogP) is 2.52. The van der Waals surface area contributed by atoms with Crippen molar-refractivity contribution < 1.29 is 0 Å². The first-order chi connectivity index (χ1) is 5.04. The van der Waals surface area contributed by atoms with Crippen molar-refractivity contribution in [2.75, 3.05) is 13.1 Å². The third-order valence-corrected chi connectivity index (χ3v) is 2.60. The summed E-state index contributed by atoms with van der Waals surface area (Å²) in [5.74, 6) is 0.999. The summed E-state index contributed by atoms with van der Waals surface area (Å²) in [5, 5.41) is 0. The molecule has 1 aliphatic rings. The number of nitrogens with zero attached hydrogens (tertiary/aromatic N) is 1. The van der Waals surface area contributed by atoms with E-state index in [1.165, 1.54) is 25.9 Å². The zero-order chi connectivity index (χ0) is 8.48. The van der Waals surface area contributed by atoms with Crippen LogP contribution in [0, 0.1) is 5.92 Å². The van der Waals surface area contributed by atoms with Crippen LogP contribution >= 0.6 is 0 Å². The maximum absolute atomic E-state index is 2.56. The average Bonchev–Trinajstić information content (AvgIpc) is 1.74. The summed E-state index contributed by atoms with van der Waals surface area (Å²) in [4.78, 5) is 2.56. The first kappa shape index (κ1) is 9.05. The Balaban J connectivity index is 2.19. The minimum Gasteiger partial charge on any atom is -0.298 e. The Hall–Kier alpha value is -0.0400. The van der Waals surface area contributed by atoms with Crippen LogP contribution in [0.25, 0.3) is 0 Å². The zero-order valence-corrected chi connectivity index (χ0v) is 8.35. The molecular weight excluding hydrogens is 134 g/mol. The second kappa shape index (κ2) is 3.14. The predicted molar refractivity (Wildman–Crippen MR) is 49.7 cm³/mol. The van der Waals surface area contributed by atoms with Gasteiger partial charge in [-0.15, -0.1) is 0 Å². The van der Waals surface area contributed by atoms with Gasteiger partial charge in [-0.05, 0) is 33.1 Å². The molecule has 0 radical (unpaired) electrons. The number of likely N-dealkylation sites (tertiary alicyclic amines) is 1. The summed E-state index contributed by atoms with van der Waals surface area (Å²) in [7, 11) is 0. The van der Waals surface area contributed by atoms with Gasteiger partial charge in [0, 0.05) is 18.6 Å². The molecule has 0 aromatic carbocycles. The van der Waals surface area contributed by atoms with E-state index >= 15 is 0 Å². The third-order valence-electron chi connectivity index (χ3n) is 2.60. The minimum atomic E-state index is 0.407. The normalized spacial score (nSPS) is 21.8. The van der Waals surface area contributed by atoms with Gasteiger partial charge < -0.3 is 0 Å². The number of rotatable bonds is 2. The van der Waals surface area contributed by atoms with E-state index in [-0.39, 0.29) is 0 Å². The van der Waals surface area contributed by atoms with Crippen LogP contribution in [0.2, 0.25) is 0 Å². The largest absolute Gasteiger partial charge is 0.298 e. The highest BCUT2D eigenvalue weighted by Gasteiger charge is 2.33. The Morgan fingerprint density at radius 2 is 1.82 bits per heavy atom. The molecule has 1 rings (SSSR count). The Morgan fingerprint density at radius 3 is 2.18 bits per heavy atom. The van der Waals surface area contributed by atoms with Gasteiger partial charge in [0.05, 0.1) is 0 Å². The van der Waals surface area contributed by atoms with Crippen molar-refractivity contribution >= 4 is 0 Å². The van der Waals surface area contributed by atoms with Crippen LogP contribution in [-0.2, 0) is 0 Å². The Kier molecular flexibility index (Phi) is 2.58. The van der Waals surface area contributed by atoms with Crippen LogP contribution < -0.4 is 0 Å². The van der Waals surface area contributed by atoms with Crippen molar-refractivity contribution in [2.24, 2.45) is 5.92 Å². The standard InChI is InChI=1S/C10H21N/c1-5-6-9-7-11(8-9)10(2,3)4/h9H,5-8H2,1-4H3. The zero-order valence-electron chi connectivity index (χ0n) is 8.35. The van der Waals surface area contributed by atoms with E-state index in [2.05, 4.69) is 32.6 Å². The van der Waals surface area contributed by atoms with Crippen molar-refractivity contribution in [3.63, 3.8) is 0 Å². The molecule has 1 saturated heterocycles. The van der Waals surface area contributed by atoms with Crippen LogP contribution in [0.15, 0.2) is 0 Å². The van der Waals surface area contributed by atoms with Crippen molar-refractivity contribution in [3.8, 4) is 0 Å².